The van der Waals surface area contributed by atoms with Crippen LogP contribution in [0, 0.1) is 5.92 Å². The van der Waals surface area contributed by atoms with E-state index in [0.717, 1.165) is 50.6 Å². The smallest absolute Gasteiger partial charge is 0.231 e. The quantitative estimate of drug-likeness (QED) is 0.691. The summed E-state index contributed by atoms with van der Waals surface area (Å²) in [5, 5.41) is 10.3. The van der Waals surface area contributed by atoms with Crippen molar-refractivity contribution >= 4 is 24.8 Å². The number of nitrogens with zero attached hydrogens (tertiary/aromatic N) is 2. The molecule has 1 aliphatic carbocycles. The Hall–Kier alpha value is -0.760. The summed E-state index contributed by atoms with van der Waals surface area (Å²) in [5.74, 6) is 2.33. The molecule has 4 rings (SSSR count). The summed E-state index contributed by atoms with van der Waals surface area (Å²) in [6.45, 7) is 8.68. The van der Waals surface area contributed by atoms with E-state index in [0.29, 0.717) is 32.0 Å². The van der Waals surface area contributed by atoms with E-state index in [1.807, 2.05) is 6.07 Å². The zero-order valence-electron chi connectivity index (χ0n) is 17.1. The molecular weight excluding hydrogens is 415 g/mol. The molecule has 166 valence electrons. The minimum atomic E-state index is -0.391. The van der Waals surface area contributed by atoms with Crippen LogP contribution in [0.15, 0.2) is 18.2 Å². The van der Waals surface area contributed by atoms with Crippen molar-refractivity contribution in [2.24, 2.45) is 5.92 Å². The molecule has 1 saturated carbocycles. The SMILES string of the molecule is CC1CCCC1OCC(O)CN1CCN(Cc2ccc3c(c2)OCO3)CC1.Cl.Cl. The monoisotopic (exact) mass is 448 g/mol. The Morgan fingerprint density at radius 1 is 1.07 bits per heavy atom. The molecule has 3 atom stereocenters. The van der Waals surface area contributed by atoms with E-state index in [4.69, 9.17) is 14.2 Å². The van der Waals surface area contributed by atoms with Crippen molar-refractivity contribution in [3.8, 4) is 11.5 Å². The Morgan fingerprint density at radius 2 is 1.79 bits per heavy atom. The highest BCUT2D eigenvalue weighted by molar-refractivity contribution is 5.85. The van der Waals surface area contributed by atoms with Crippen LogP contribution < -0.4 is 9.47 Å². The van der Waals surface area contributed by atoms with E-state index in [-0.39, 0.29) is 24.8 Å². The van der Waals surface area contributed by atoms with Crippen molar-refractivity contribution in [2.45, 2.75) is 44.9 Å². The van der Waals surface area contributed by atoms with Crippen LogP contribution in [0.4, 0.5) is 0 Å². The van der Waals surface area contributed by atoms with Gasteiger partial charge >= 0.3 is 0 Å². The average Bonchev–Trinajstić information content (AvgIpc) is 3.30. The first-order chi connectivity index (χ1) is 13.2. The summed E-state index contributed by atoms with van der Waals surface area (Å²) in [6.07, 6.45) is 3.61. The second-order valence-corrected chi connectivity index (χ2v) is 8.20. The van der Waals surface area contributed by atoms with Gasteiger partial charge in [0.25, 0.3) is 0 Å². The van der Waals surface area contributed by atoms with Gasteiger partial charge in [0, 0.05) is 39.3 Å². The Labute approximate surface area is 186 Å². The summed E-state index contributed by atoms with van der Waals surface area (Å²) < 4.78 is 16.8. The second-order valence-electron chi connectivity index (χ2n) is 8.20. The summed E-state index contributed by atoms with van der Waals surface area (Å²) in [7, 11) is 0. The highest BCUT2D eigenvalue weighted by atomic mass is 35.5. The van der Waals surface area contributed by atoms with Crippen molar-refractivity contribution in [2.75, 3.05) is 46.1 Å². The van der Waals surface area contributed by atoms with E-state index in [9.17, 15) is 5.11 Å². The predicted molar refractivity (Wildman–Crippen MR) is 118 cm³/mol. The summed E-state index contributed by atoms with van der Waals surface area (Å²) in [4.78, 5) is 4.80. The number of ether oxygens (including phenoxy) is 3. The van der Waals surface area contributed by atoms with Crippen LogP contribution in [0.25, 0.3) is 0 Å². The van der Waals surface area contributed by atoms with Gasteiger partial charge in [-0.05, 0) is 36.5 Å². The number of fused-ring (bicyclic) bond motifs is 1. The van der Waals surface area contributed by atoms with Gasteiger partial charge in [-0.25, -0.2) is 0 Å². The molecule has 3 unspecified atom stereocenters. The Bertz CT molecular complexity index is 629. The van der Waals surface area contributed by atoms with E-state index < -0.39 is 6.10 Å². The molecule has 2 heterocycles. The molecule has 0 aromatic heterocycles. The number of benzene rings is 1. The lowest BCUT2D eigenvalue weighted by molar-refractivity contribution is -0.0358. The first-order valence-corrected chi connectivity index (χ1v) is 10.3. The molecule has 1 aromatic rings. The standard InChI is InChI=1S/C21H32N2O4.2ClH/c1-16-3-2-4-19(16)25-14-18(24)13-23-9-7-22(8-10-23)12-17-5-6-20-21(11-17)27-15-26-20;;/h5-6,11,16,18-19,24H,2-4,7-10,12-15H2,1H3;2*1H. The third kappa shape index (κ3) is 6.61. The maximum atomic E-state index is 10.3. The minimum absolute atomic E-state index is 0. The third-order valence-electron chi connectivity index (χ3n) is 6.06. The van der Waals surface area contributed by atoms with Gasteiger partial charge in [0.2, 0.25) is 6.79 Å². The van der Waals surface area contributed by atoms with Crippen molar-refractivity contribution in [3.63, 3.8) is 0 Å². The number of aliphatic hydroxyl groups excluding tert-OH is 1. The summed E-state index contributed by atoms with van der Waals surface area (Å²) >= 11 is 0. The molecule has 0 radical (unpaired) electrons. The Kier molecular flexibility index (Phi) is 9.79. The van der Waals surface area contributed by atoms with Crippen LogP contribution in [-0.2, 0) is 11.3 Å². The molecule has 6 nitrogen and oxygen atoms in total. The van der Waals surface area contributed by atoms with Gasteiger partial charge in [0.15, 0.2) is 11.5 Å². The number of halogens is 2. The fourth-order valence-corrected chi connectivity index (χ4v) is 4.37. The van der Waals surface area contributed by atoms with E-state index in [1.54, 1.807) is 0 Å². The van der Waals surface area contributed by atoms with E-state index >= 15 is 0 Å². The van der Waals surface area contributed by atoms with Crippen LogP contribution in [0.1, 0.15) is 31.7 Å². The van der Waals surface area contributed by atoms with Crippen LogP contribution in [-0.4, -0.2) is 73.2 Å². The summed E-state index contributed by atoms with van der Waals surface area (Å²) in [6, 6.07) is 6.19. The number of hydrogen-bond donors (Lipinski definition) is 1. The van der Waals surface area contributed by atoms with Crippen LogP contribution in [0.5, 0.6) is 11.5 Å². The highest BCUT2D eigenvalue weighted by Crippen LogP contribution is 2.33. The zero-order chi connectivity index (χ0) is 18.6. The number of β-amino-alcohol motifs (C(OH)–C–C–N with tert-alkyl or cyclic N) is 1. The molecule has 0 amide bonds. The van der Waals surface area contributed by atoms with E-state index in [2.05, 4.69) is 28.9 Å². The maximum absolute atomic E-state index is 10.3. The van der Waals surface area contributed by atoms with Gasteiger partial charge in [-0.3, -0.25) is 9.80 Å². The molecule has 1 aromatic carbocycles. The van der Waals surface area contributed by atoms with Crippen LogP contribution in [0.3, 0.4) is 0 Å². The molecule has 3 aliphatic rings. The first-order valence-electron chi connectivity index (χ1n) is 10.3. The number of rotatable bonds is 7. The number of hydrogen-bond acceptors (Lipinski definition) is 6. The van der Waals surface area contributed by atoms with Gasteiger partial charge < -0.3 is 19.3 Å². The van der Waals surface area contributed by atoms with Gasteiger partial charge in [-0.15, -0.1) is 24.8 Å². The summed E-state index contributed by atoms with van der Waals surface area (Å²) in [5.41, 5.74) is 1.26. The molecule has 0 spiro atoms. The van der Waals surface area contributed by atoms with Gasteiger partial charge in [-0.1, -0.05) is 19.4 Å². The topological polar surface area (TPSA) is 54.4 Å². The fraction of sp³-hybridized carbons (Fsp3) is 0.714. The molecule has 2 fully saturated rings. The third-order valence-corrected chi connectivity index (χ3v) is 6.06. The fourth-order valence-electron chi connectivity index (χ4n) is 4.37. The van der Waals surface area contributed by atoms with Crippen LogP contribution >= 0.6 is 24.8 Å². The number of piperazine rings is 1. The Balaban J connectivity index is 0.00000150. The lowest BCUT2D eigenvalue weighted by atomic mass is 10.1. The molecule has 8 heteroatoms. The van der Waals surface area contributed by atoms with Gasteiger partial charge in [0.1, 0.15) is 0 Å². The van der Waals surface area contributed by atoms with Crippen molar-refractivity contribution in [1.29, 1.82) is 0 Å². The molecule has 0 bridgehead atoms. The molecule has 1 saturated heterocycles. The predicted octanol–water partition coefficient (Wildman–Crippen LogP) is 2.94. The molecule has 29 heavy (non-hydrogen) atoms. The lowest BCUT2D eigenvalue weighted by Gasteiger charge is -2.35. The normalized spacial score (nSPS) is 25.3. The van der Waals surface area contributed by atoms with Gasteiger partial charge in [0.05, 0.1) is 18.8 Å². The lowest BCUT2D eigenvalue weighted by Crippen LogP contribution is -2.48. The Morgan fingerprint density at radius 3 is 2.52 bits per heavy atom. The maximum Gasteiger partial charge on any atom is 0.231 e. The largest absolute Gasteiger partial charge is 0.454 e. The van der Waals surface area contributed by atoms with Crippen molar-refractivity contribution < 1.29 is 19.3 Å². The second kappa shape index (κ2) is 11.6. The average molecular weight is 449 g/mol. The van der Waals surface area contributed by atoms with Crippen molar-refractivity contribution in [1.82, 2.24) is 9.80 Å². The molecule has 2 aliphatic heterocycles. The number of aliphatic hydroxyl groups is 1. The molecule has 1 N–H and O–H groups in total. The van der Waals surface area contributed by atoms with E-state index in [1.165, 1.54) is 18.4 Å². The molecular formula is C21H34Cl2N2O4. The first kappa shape index (κ1) is 24.5. The highest BCUT2D eigenvalue weighted by Gasteiger charge is 2.26. The van der Waals surface area contributed by atoms with Crippen LogP contribution in [0.2, 0.25) is 0 Å². The van der Waals surface area contributed by atoms with Crippen molar-refractivity contribution in [3.05, 3.63) is 23.8 Å². The van der Waals surface area contributed by atoms with Gasteiger partial charge in [-0.2, -0.15) is 0 Å². The minimum Gasteiger partial charge on any atom is -0.454 e. The zero-order valence-corrected chi connectivity index (χ0v) is 18.8.